The lowest BCUT2D eigenvalue weighted by molar-refractivity contribution is 0.0820. The number of aliphatic hydroxyl groups excluding tert-OH is 1. The Morgan fingerprint density at radius 3 is 2.77 bits per heavy atom. The summed E-state index contributed by atoms with van der Waals surface area (Å²) in [6.07, 6.45) is 6.97. The molecule has 118 valence electrons. The van der Waals surface area contributed by atoms with Gasteiger partial charge in [0.2, 0.25) is 5.28 Å². The Morgan fingerprint density at radius 2 is 2.09 bits per heavy atom. The SMILES string of the molecule is OC(CN1CCC(c2ccnc(Cl)n2)CC1)Cn1cccn1. The molecule has 7 heteroatoms. The molecule has 6 nitrogen and oxygen atoms in total. The van der Waals surface area contributed by atoms with Crippen LogP contribution in [0.2, 0.25) is 5.28 Å². The molecule has 0 radical (unpaired) electrons. The van der Waals surface area contributed by atoms with Crippen molar-refractivity contribution in [3.05, 3.63) is 41.7 Å². The smallest absolute Gasteiger partial charge is 0.222 e. The molecule has 2 aromatic rings. The first-order valence-corrected chi connectivity index (χ1v) is 7.95. The van der Waals surface area contributed by atoms with Crippen LogP contribution in [0.15, 0.2) is 30.7 Å². The third-order valence-corrected chi connectivity index (χ3v) is 4.26. The molecule has 0 aliphatic carbocycles. The summed E-state index contributed by atoms with van der Waals surface area (Å²) in [6.45, 7) is 3.14. The highest BCUT2D eigenvalue weighted by Crippen LogP contribution is 2.26. The average molecular weight is 322 g/mol. The molecule has 1 atom stereocenters. The number of aliphatic hydroxyl groups is 1. The topological polar surface area (TPSA) is 67.1 Å². The monoisotopic (exact) mass is 321 g/mol. The van der Waals surface area contributed by atoms with Crippen LogP contribution in [0.3, 0.4) is 0 Å². The van der Waals surface area contributed by atoms with Gasteiger partial charge in [-0.1, -0.05) is 0 Å². The van der Waals surface area contributed by atoms with Gasteiger partial charge in [-0.15, -0.1) is 0 Å². The molecule has 2 aromatic heterocycles. The number of nitrogens with zero attached hydrogens (tertiary/aromatic N) is 5. The molecule has 1 aliphatic rings. The molecular weight excluding hydrogens is 302 g/mol. The van der Waals surface area contributed by atoms with E-state index in [1.54, 1.807) is 17.1 Å². The fourth-order valence-corrected chi connectivity index (χ4v) is 3.12. The summed E-state index contributed by atoms with van der Waals surface area (Å²) in [7, 11) is 0. The van der Waals surface area contributed by atoms with E-state index in [0.717, 1.165) is 31.6 Å². The van der Waals surface area contributed by atoms with Crippen LogP contribution in [-0.4, -0.2) is 55.5 Å². The Kier molecular flexibility index (Phi) is 5.02. The Hall–Kier alpha value is -1.50. The molecule has 1 fully saturated rings. The van der Waals surface area contributed by atoms with E-state index in [1.807, 2.05) is 18.3 Å². The Bertz CT molecular complexity index is 583. The number of hydrogen-bond donors (Lipinski definition) is 1. The lowest BCUT2D eigenvalue weighted by atomic mass is 9.93. The van der Waals surface area contributed by atoms with Gasteiger partial charge in [0.1, 0.15) is 0 Å². The molecule has 0 amide bonds. The quantitative estimate of drug-likeness (QED) is 0.847. The van der Waals surface area contributed by atoms with Crippen molar-refractivity contribution >= 4 is 11.6 Å². The summed E-state index contributed by atoms with van der Waals surface area (Å²) in [5, 5.41) is 14.6. The first-order valence-electron chi connectivity index (χ1n) is 7.57. The number of aromatic nitrogens is 4. The van der Waals surface area contributed by atoms with Gasteiger partial charge in [-0.05, 0) is 49.7 Å². The number of likely N-dealkylation sites (tertiary alicyclic amines) is 1. The summed E-state index contributed by atoms with van der Waals surface area (Å²) in [4.78, 5) is 10.5. The molecule has 3 heterocycles. The van der Waals surface area contributed by atoms with Crippen molar-refractivity contribution in [2.24, 2.45) is 0 Å². The van der Waals surface area contributed by atoms with Crippen molar-refractivity contribution in [1.82, 2.24) is 24.6 Å². The predicted octanol–water partition coefficient (Wildman–Crippen LogP) is 1.57. The maximum atomic E-state index is 10.2. The zero-order chi connectivity index (χ0) is 15.4. The molecular formula is C15H20ClN5O. The first-order chi connectivity index (χ1) is 10.7. The molecule has 3 rings (SSSR count). The lowest BCUT2D eigenvalue weighted by Gasteiger charge is -2.32. The molecule has 1 N–H and O–H groups in total. The molecule has 1 aliphatic heterocycles. The van der Waals surface area contributed by atoms with Crippen LogP contribution in [0.5, 0.6) is 0 Å². The Labute approximate surface area is 134 Å². The fraction of sp³-hybridized carbons (Fsp3) is 0.533. The number of rotatable bonds is 5. The average Bonchev–Trinajstić information content (AvgIpc) is 3.01. The van der Waals surface area contributed by atoms with Crippen LogP contribution in [0.1, 0.15) is 24.5 Å². The van der Waals surface area contributed by atoms with Crippen molar-refractivity contribution in [2.75, 3.05) is 19.6 Å². The van der Waals surface area contributed by atoms with Crippen LogP contribution in [0.25, 0.3) is 0 Å². The van der Waals surface area contributed by atoms with E-state index in [4.69, 9.17) is 11.6 Å². The first kappa shape index (κ1) is 15.4. The number of halogens is 1. The Balaban J connectivity index is 1.47. The van der Waals surface area contributed by atoms with E-state index >= 15 is 0 Å². The molecule has 0 spiro atoms. The van der Waals surface area contributed by atoms with Crippen molar-refractivity contribution in [3.8, 4) is 0 Å². The Morgan fingerprint density at radius 1 is 1.27 bits per heavy atom. The third kappa shape index (κ3) is 4.03. The summed E-state index contributed by atoms with van der Waals surface area (Å²) in [5.74, 6) is 0.431. The van der Waals surface area contributed by atoms with E-state index in [2.05, 4.69) is 20.0 Å². The van der Waals surface area contributed by atoms with Crippen LogP contribution < -0.4 is 0 Å². The van der Waals surface area contributed by atoms with Crippen molar-refractivity contribution in [3.63, 3.8) is 0 Å². The minimum atomic E-state index is -0.398. The zero-order valence-corrected chi connectivity index (χ0v) is 13.1. The number of piperidine rings is 1. The highest BCUT2D eigenvalue weighted by atomic mass is 35.5. The number of hydrogen-bond acceptors (Lipinski definition) is 5. The maximum absolute atomic E-state index is 10.2. The predicted molar refractivity (Wildman–Crippen MR) is 83.7 cm³/mol. The highest BCUT2D eigenvalue weighted by molar-refractivity contribution is 6.28. The van der Waals surface area contributed by atoms with Gasteiger partial charge in [0.25, 0.3) is 0 Å². The third-order valence-electron chi connectivity index (χ3n) is 4.08. The fourth-order valence-electron chi connectivity index (χ4n) is 2.97. The van der Waals surface area contributed by atoms with E-state index in [1.165, 1.54) is 0 Å². The summed E-state index contributed by atoms with van der Waals surface area (Å²) in [5.41, 5.74) is 1.02. The van der Waals surface area contributed by atoms with Crippen LogP contribution >= 0.6 is 11.6 Å². The second-order valence-electron chi connectivity index (χ2n) is 5.71. The molecule has 22 heavy (non-hydrogen) atoms. The summed E-state index contributed by atoms with van der Waals surface area (Å²) < 4.78 is 1.76. The summed E-state index contributed by atoms with van der Waals surface area (Å²) >= 11 is 5.86. The van der Waals surface area contributed by atoms with Crippen LogP contribution in [0, 0.1) is 0 Å². The van der Waals surface area contributed by atoms with Crippen molar-refractivity contribution in [1.29, 1.82) is 0 Å². The van der Waals surface area contributed by atoms with Gasteiger partial charge in [0.05, 0.1) is 12.6 Å². The van der Waals surface area contributed by atoms with Crippen LogP contribution in [0.4, 0.5) is 0 Å². The zero-order valence-electron chi connectivity index (χ0n) is 12.3. The molecule has 1 unspecified atom stereocenters. The van der Waals surface area contributed by atoms with E-state index < -0.39 is 6.10 Å². The maximum Gasteiger partial charge on any atom is 0.222 e. The standard InChI is InChI=1S/C15H20ClN5O/c16-15-17-6-2-14(19-15)12-3-8-20(9-4-12)10-13(22)11-21-7-1-5-18-21/h1-2,5-7,12-13,22H,3-4,8-11H2. The van der Waals surface area contributed by atoms with E-state index in [-0.39, 0.29) is 0 Å². The van der Waals surface area contributed by atoms with Crippen LogP contribution in [-0.2, 0) is 6.54 Å². The van der Waals surface area contributed by atoms with Gasteiger partial charge in [-0.3, -0.25) is 4.68 Å². The normalized spacial score (nSPS) is 18.5. The van der Waals surface area contributed by atoms with Gasteiger partial charge >= 0.3 is 0 Å². The van der Waals surface area contributed by atoms with Gasteiger partial charge in [-0.25, -0.2) is 9.97 Å². The van der Waals surface area contributed by atoms with Gasteiger partial charge in [-0.2, -0.15) is 5.10 Å². The van der Waals surface area contributed by atoms with E-state index in [0.29, 0.717) is 24.3 Å². The number of β-amino-alcohol motifs (C(OH)–C–C–N with tert-alkyl or cyclic N) is 1. The molecule has 0 bridgehead atoms. The largest absolute Gasteiger partial charge is 0.390 e. The molecule has 0 aromatic carbocycles. The van der Waals surface area contributed by atoms with Gasteiger partial charge in [0, 0.05) is 36.7 Å². The summed E-state index contributed by atoms with van der Waals surface area (Å²) in [6, 6.07) is 3.81. The molecule has 0 saturated carbocycles. The van der Waals surface area contributed by atoms with Gasteiger partial charge < -0.3 is 10.0 Å². The minimum absolute atomic E-state index is 0.314. The van der Waals surface area contributed by atoms with Gasteiger partial charge in [0.15, 0.2) is 0 Å². The van der Waals surface area contributed by atoms with Crippen molar-refractivity contribution < 1.29 is 5.11 Å². The lowest BCUT2D eigenvalue weighted by Crippen LogP contribution is -2.39. The highest BCUT2D eigenvalue weighted by Gasteiger charge is 2.23. The second-order valence-corrected chi connectivity index (χ2v) is 6.05. The van der Waals surface area contributed by atoms with Crippen molar-refractivity contribution in [2.45, 2.75) is 31.4 Å². The van der Waals surface area contributed by atoms with E-state index in [9.17, 15) is 5.11 Å². The second kappa shape index (κ2) is 7.17. The minimum Gasteiger partial charge on any atom is -0.390 e. The molecule has 1 saturated heterocycles.